The van der Waals surface area contributed by atoms with Crippen molar-refractivity contribution < 1.29 is 22.7 Å². The molecule has 2 aromatic carbocycles. The summed E-state index contributed by atoms with van der Waals surface area (Å²) in [6.45, 7) is 13.6. The minimum absolute atomic E-state index is 0.00527. The van der Waals surface area contributed by atoms with Crippen molar-refractivity contribution in [2.75, 3.05) is 6.61 Å². The van der Waals surface area contributed by atoms with Crippen molar-refractivity contribution >= 4 is 21.9 Å². The molecule has 1 N–H and O–H groups in total. The Morgan fingerprint density at radius 2 is 1.44 bits per heavy atom. The summed E-state index contributed by atoms with van der Waals surface area (Å²) in [7, 11) is -3.67. The monoisotopic (exact) mass is 488 g/mol. The minimum Gasteiger partial charge on any atom is -0.452 e. The van der Waals surface area contributed by atoms with Gasteiger partial charge in [-0.25, -0.2) is 17.9 Å². The number of sulfonamides is 1. The Hall–Kier alpha value is -2.71. The van der Waals surface area contributed by atoms with Gasteiger partial charge >= 0.3 is 5.97 Å². The van der Waals surface area contributed by atoms with Gasteiger partial charge in [0.15, 0.2) is 6.61 Å². The Bertz CT molecular complexity index is 1080. The standard InChI is InChI=1S/C26H36N2O5S/c1-18(2)28(19(3)4)24(29)17-33-25(30)21-10-8-20(9-11-21)16-27-34(31,32)23-14-12-22(13-15-23)26(5,6)7/h8-15,18-19,27H,16-17H2,1-7H3. The zero-order valence-corrected chi connectivity index (χ0v) is 21.9. The van der Waals surface area contributed by atoms with E-state index in [0.717, 1.165) is 5.56 Å². The average molecular weight is 489 g/mol. The fraction of sp³-hybridized carbons (Fsp3) is 0.462. The number of nitrogens with zero attached hydrogens (tertiary/aromatic N) is 1. The van der Waals surface area contributed by atoms with Gasteiger partial charge in [0.1, 0.15) is 0 Å². The van der Waals surface area contributed by atoms with Crippen molar-refractivity contribution in [2.45, 2.75) is 77.4 Å². The lowest BCUT2D eigenvalue weighted by Gasteiger charge is -2.30. The van der Waals surface area contributed by atoms with Crippen molar-refractivity contribution in [1.82, 2.24) is 9.62 Å². The summed E-state index contributed by atoms with van der Waals surface area (Å²) in [6.07, 6.45) is 0. The van der Waals surface area contributed by atoms with Crippen LogP contribution in [0.3, 0.4) is 0 Å². The number of rotatable bonds is 9. The van der Waals surface area contributed by atoms with E-state index in [-0.39, 0.29) is 47.0 Å². The van der Waals surface area contributed by atoms with E-state index in [1.165, 1.54) is 0 Å². The van der Waals surface area contributed by atoms with E-state index in [1.807, 2.05) is 39.8 Å². The zero-order valence-electron chi connectivity index (χ0n) is 21.1. The molecule has 0 aliphatic carbocycles. The van der Waals surface area contributed by atoms with Gasteiger partial charge in [0.25, 0.3) is 5.91 Å². The van der Waals surface area contributed by atoms with E-state index in [9.17, 15) is 18.0 Å². The van der Waals surface area contributed by atoms with E-state index < -0.39 is 16.0 Å². The second kappa shape index (κ2) is 11.1. The van der Waals surface area contributed by atoms with Crippen LogP contribution in [0.5, 0.6) is 0 Å². The maximum Gasteiger partial charge on any atom is 0.338 e. The van der Waals surface area contributed by atoms with Crippen molar-refractivity contribution in [3.63, 3.8) is 0 Å². The predicted octanol–water partition coefficient (Wildman–Crippen LogP) is 4.26. The smallest absolute Gasteiger partial charge is 0.338 e. The Kier molecular flexibility index (Phi) is 9.02. The maximum atomic E-state index is 12.6. The summed E-state index contributed by atoms with van der Waals surface area (Å²) in [4.78, 5) is 26.5. The summed E-state index contributed by atoms with van der Waals surface area (Å²) in [5, 5.41) is 0. The lowest BCUT2D eigenvalue weighted by atomic mass is 9.87. The van der Waals surface area contributed by atoms with Gasteiger partial charge < -0.3 is 9.64 Å². The number of hydrogen-bond acceptors (Lipinski definition) is 5. The Morgan fingerprint density at radius 3 is 1.91 bits per heavy atom. The van der Waals surface area contributed by atoms with E-state index in [0.29, 0.717) is 5.56 Å². The van der Waals surface area contributed by atoms with Gasteiger partial charge in [-0.05, 0) is 68.5 Å². The number of carbonyl (C=O) groups is 2. The molecule has 0 fully saturated rings. The van der Waals surface area contributed by atoms with Gasteiger partial charge in [-0.1, -0.05) is 45.0 Å². The summed E-state index contributed by atoms with van der Waals surface area (Å²) in [5.41, 5.74) is 1.97. The van der Waals surface area contributed by atoms with Crippen LogP contribution in [0.4, 0.5) is 0 Å². The number of benzene rings is 2. The van der Waals surface area contributed by atoms with Crippen molar-refractivity contribution in [3.05, 3.63) is 65.2 Å². The molecule has 0 radical (unpaired) electrons. The number of ether oxygens (including phenoxy) is 1. The van der Waals surface area contributed by atoms with E-state index in [4.69, 9.17) is 4.74 Å². The Balaban J connectivity index is 1.95. The van der Waals surface area contributed by atoms with Crippen LogP contribution in [0.1, 0.15) is 70.0 Å². The van der Waals surface area contributed by atoms with Gasteiger partial charge in [0.2, 0.25) is 10.0 Å². The second-order valence-corrected chi connectivity index (χ2v) is 11.6. The normalized spacial score (nSPS) is 12.1. The SMILES string of the molecule is CC(C)N(C(=O)COC(=O)c1ccc(CNS(=O)(=O)c2ccc(C(C)(C)C)cc2)cc1)C(C)C. The third-order valence-electron chi connectivity index (χ3n) is 5.41. The van der Waals surface area contributed by atoms with Crippen molar-refractivity contribution in [2.24, 2.45) is 0 Å². The molecule has 0 unspecified atom stereocenters. The summed E-state index contributed by atoms with van der Waals surface area (Å²) < 4.78 is 33.0. The zero-order chi connectivity index (χ0) is 25.7. The molecule has 0 bridgehead atoms. The molecule has 0 heterocycles. The maximum absolute atomic E-state index is 12.6. The van der Waals surface area contributed by atoms with Gasteiger partial charge in [0.05, 0.1) is 10.5 Å². The first-order valence-corrected chi connectivity index (χ1v) is 12.9. The largest absolute Gasteiger partial charge is 0.452 e. The van der Waals surface area contributed by atoms with Gasteiger partial charge in [-0.3, -0.25) is 4.79 Å². The van der Waals surface area contributed by atoms with Crippen LogP contribution >= 0.6 is 0 Å². The molecule has 1 amide bonds. The lowest BCUT2D eigenvalue weighted by Crippen LogP contribution is -2.44. The topological polar surface area (TPSA) is 92.8 Å². The van der Waals surface area contributed by atoms with Gasteiger partial charge in [-0.15, -0.1) is 0 Å². The highest BCUT2D eigenvalue weighted by atomic mass is 32.2. The summed E-state index contributed by atoms with van der Waals surface area (Å²) >= 11 is 0. The molecule has 0 aliphatic heterocycles. The van der Waals surface area contributed by atoms with Gasteiger partial charge in [0, 0.05) is 18.6 Å². The third-order valence-corrected chi connectivity index (χ3v) is 6.83. The molecule has 0 saturated heterocycles. The number of amides is 1. The molecule has 8 heteroatoms. The molecule has 0 aliphatic rings. The molecule has 0 saturated carbocycles. The molecule has 2 rings (SSSR count). The third kappa shape index (κ3) is 7.40. The molecule has 7 nitrogen and oxygen atoms in total. The van der Waals surface area contributed by atoms with Crippen LogP contribution < -0.4 is 4.72 Å². The van der Waals surface area contributed by atoms with Crippen LogP contribution in [0, 0.1) is 0 Å². The number of carbonyl (C=O) groups excluding carboxylic acids is 2. The lowest BCUT2D eigenvalue weighted by molar-refractivity contribution is -0.138. The van der Waals surface area contributed by atoms with E-state index in [1.54, 1.807) is 41.3 Å². The summed E-state index contributed by atoms with van der Waals surface area (Å²) in [5.74, 6) is -0.855. The predicted molar refractivity (Wildman–Crippen MR) is 133 cm³/mol. The fourth-order valence-corrected chi connectivity index (χ4v) is 4.63. The first kappa shape index (κ1) is 27.5. The molecular formula is C26H36N2O5S. The highest BCUT2D eigenvalue weighted by molar-refractivity contribution is 7.89. The van der Waals surface area contributed by atoms with E-state index >= 15 is 0 Å². The number of hydrogen-bond donors (Lipinski definition) is 1. The van der Waals surface area contributed by atoms with Crippen molar-refractivity contribution in [1.29, 1.82) is 0 Å². The highest BCUT2D eigenvalue weighted by Crippen LogP contribution is 2.23. The molecule has 186 valence electrons. The highest BCUT2D eigenvalue weighted by Gasteiger charge is 2.22. The molecule has 0 aromatic heterocycles. The van der Waals surface area contributed by atoms with Crippen LogP contribution in [0.2, 0.25) is 0 Å². The van der Waals surface area contributed by atoms with Crippen molar-refractivity contribution in [3.8, 4) is 0 Å². The average Bonchev–Trinajstić information content (AvgIpc) is 2.75. The van der Waals surface area contributed by atoms with Crippen LogP contribution in [0.25, 0.3) is 0 Å². The molecular weight excluding hydrogens is 452 g/mol. The van der Waals surface area contributed by atoms with Crippen LogP contribution in [-0.4, -0.2) is 43.9 Å². The molecule has 34 heavy (non-hydrogen) atoms. The Labute approximate surface area is 203 Å². The minimum atomic E-state index is -3.67. The van der Waals surface area contributed by atoms with Crippen LogP contribution in [-0.2, 0) is 31.5 Å². The van der Waals surface area contributed by atoms with E-state index in [2.05, 4.69) is 25.5 Å². The van der Waals surface area contributed by atoms with Gasteiger partial charge in [-0.2, -0.15) is 0 Å². The first-order chi connectivity index (χ1) is 15.7. The second-order valence-electron chi connectivity index (χ2n) is 9.86. The number of nitrogens with one attached hydrogen (secondary N) is 1. The quantitative estimate of drug-likeness (QED) is 0.532. The first-order valence-electron chi connectivity index (χ1n) is 11.4. The number of esters is 1. The molecule has 2 aromatic rings. The van der Waals surface area contributed by atoms with Crippen LogP contribution in [0.15, 0.2) is 53.4 Å². The molecule has 0 atom stereocenters. The summed E-state index contributed by atoms with van der Waals surface area (Å²) in [6, 6.07) is 13.3. The fourth-order valence-electron chi connectivity index (χ4n) is 3.61. The Morgan fingerprint density at radius 1 is 0.912 bits per heavy atom. The molecule has 0 spiro atoms.